The van der Waals surface area contributed by atoms with Crippen LogP contribution in [0.1, 0.15) is 25.3 Å². The van der Waals surface area contributed by atoms with Crippen molar-refractivity contribution in [2.24, 2.45) is 5.41 Å². The van der Waals surface area contributed by atoms with Crippen molar-refractivity contribution in [1.82, 2.24) is 10.2 Å². The summed E-state index contributed by atoms with van der Waals surface area (Å²) in [5.74, 6) is -0.138. The Morgan fingerprint density at radius 2 is 2.21 bits per heavy atom. The van der Waals surface area contributed by atoms with Crippen molar-refractivity contribution >= 4 is 5.91 Å². The molecular weight excluding hydrogens is 243 g/mol. The summed E-state index contributed by atoms with van der Waals surface area (Å²) in [6, 6.07) is 6.61. The Morgan fingerprint density at radius 1 is 1.47 bits per heavy atom. The first kappa shape index (κ1) is 14.0. The molecule has 1 aliphatic heterocycles. The molecule has 1 aromatic rings. The van der Waals surface area contributed by atoms with E-state index in [0.717, 1.165) is 25.9 Å². The Hall–Kier alpha value is -1.42. The topological polar surface area (TPSA) is 32.3 Å². The molecule has 19 heavy (non-hydrogen) atoms. The van der Waals surface area contributed by atoms with E-state index in [2.05, 4.69) is 5.32 Å². The zero-order valence-corrected chi connectivity index (χ0v) is 11.6. The average Bonchev–Trinajstić information content (AvgIpc) is 2.90. The van der Waals surface area contributed by atoms with Gasteiger partial charge >= 0.3 is 0 Å². The monoisotopic (exact) mass is 264 g/mol. The highest BCUT2D eigenvalue weighted by molar-refractivity contribution is 5.83. The standard InChI is InChI=1S/C15H21FN2O/c1-3-15(8-9-17-11-15)14(19)18(2)10-12-6-4-5-7-13(12)16/h4-7,17H,3,8-11H2,1-2H3. The van der Waals surface area contributed by atoms with Gasteiger partial charge in [-0.25, -0.2) is 4.39 Å². The number of nitrogens with one attached hydrogen (secondary N) is 1. The van der Waals surface area contributed by atoms with Gasteiger partial charge in [0.05, 0.1) is 5.41 Å². The fraction of sp³-hybridized carbons (Fsp3) is 0.533. The number of amides is 1. The van der Waals surface area contributed by atoms with E-state index >= 15 is 0 Å². The molecule has 1 atom stereocenters. The van der Waals surface area contributed by atoms with E-state index in [1.165, 1.54) is 6.07 Å². The van der Waals surface area contributed by atoms with E-state index in [-0.39, 0.29) is 17.1 Å². The quantitative estimate of drug-likeness (QED) is 0.904. The van der Waals surface area contributed by atoms with Gasteiger partial charge in [0, 0.05) is 25.7 Å². The summed E-state index contributed by atoms with van der Waals surface area (Å²) in [4.78, 5) is 14.2. The highest BCUT2D eigenvalue weighted by Gasteiger charge is 2.41. The van der Waals surface area contributed by atoms with E-state index < -0.39 is 0 Å². The van der Waals surface area contributed by atoms with Gasteiger partial charge in [-0.05, 0) is 25.5 Å². The van der Waals surface area contributed by atoms with Crippen molar-refractivity contribution in [3.05, 3.63) is 35.6 Å². The predicted molar refractivity (Wildman–Crippen MR) is 73.1 cm³/mol. The number of carbonyl (C=O) groups excluding carboxylic acids is 1. The van der Waals surface area contributed by atoms with E-state index in [9.17, 15) is 9.18 Å². The molecule has 0 bridgehead atoms. The molecular formula is C15H21FN2O. The summed E-state index contributed by atoms with van der Waals surface area (Å²) in [6.07, 6.45) is 1.68. The third-order valence-corrected chi connectivity index (χ3v) is 4.09. The largest absolute Gasteiger partial charge is 0.341 e. The molecule has 1 aliphatic rings. The smallest absolute Gasteiger partial charge is 0.230 e. The molecule has 1 saturated heterocycles. The second-order valence-electron chi connectivity index (χ2n) is 5.31. The first-order valence-corrected chi connectivity index (χ1v) is 6.79. The van der Waals surface area contributed by atoms with Crippen LogP contribution in [0, 0.1) is 11.2 Å². The SMILES string of the molecule is CCC1(C(=O)N(C)Cc2ccccc2F)CCNC1. The van der Waals surface area contributed by atoms with Gasteiger partial charge in [-0.3, -0.25) is 4.79 Å². The predicted octanol–water partition coefficient (Wildman–Crippen LogP) is 2.17. The third-order valence-electron chi connectivity index (χ3n) is 4.09. The Kier molecular flexibility index (Phi) is 4.20. The lowest BCUT2D eigenvalue weighted by Crippen LogP contribution is -2.43. The maximum absolute atomic E-state index is 13.6. The van der Waals surface area contributed by atoms with Crippen LogP contribution in [-0.2, 0) is 11.3 Å². The first-order valence-electron chi connectivity index (χ1n) is 6.79. The molecule has 0 spiro atoms. The number of carbonyl (C=O) groups is 1. The lowest BCUT2D eigenvalue weighted by Gasteiger charge is -2.31. The number of halogens is 1. The number of rotatable bonds is 4. The molecule has 4 heteroatoms. The molecule has 0 aromatic heterocycles. The van der Waals surface area contributed by atoms with Gasteiger partial charge in [0.2, 0.25) is 5.91 Å². The first-order chi connectivity index (χ1) is 9.09. The van der Waals surface area contributed by atoms with E-state index in [1.54, 1.807) is 30.1 Å². The van der Waals surface area contributed by atoms with Gasteiger partial charge in [0.25, 0.3) is 0 Å². The fourth-order valence-corrected chi connectivity index (χ4v) is 2.74. The van der Waals surface area contributed by atoms with Crippen LogP contribution in [0.25, 0.3) is 0 Å². The van der Waals surface area contributed by atoms with Crippen LogP contribution in [0.4, 0.5) is 4.39 Å². The normalized spacial score (nSPS) is 22.5. The molecule has 1 fully saturated rings. The average molecular weight is 264 g/mol. The Bertz CT molecular complexity index is 455. The second kappa shape index (κ2) is 5.70. The molecule has 0 aliphatic carbocycles. The molecule has 1 N–H and O–H groups in total. The summed E-state index contributed by atoms with van der Waals surface area (Å²) < 4.78 is 13.6. The lowest BCUT2D eigenvalue weighted by molar-refractivity contribution is -0.140. The number of nitrogens with zero attached hydrogens (tertiary/aromatic N) is 1. The molecule has 0 saturated carbocycles. The minimum Gasteiger partial charge on any atom is -0.341 e. The summed E-state index contributed by atoms with van der Waals surface area (Å²) >= 11 is 0. The van der Waals surface area contributed by atoms with E-state index in [0.29, 0.717) is 12.1 Å². The second-order valence-corrected chi connectivity index (χ2v) is 5.31. The summed E-state index contributed by atoms with van der Waals surface area (Å²) in [6.45, 7) is 3.98. The van der Waals surface area contributed by atoms with Gasteiger partial charge in [-0.1, -0.05) is 25.1 Å². The van der Waals surface area contributed by atoms with Gasteiger partial charge in [-0.15, -0.1) is 0 Å². The van der Waals surface area contributed by atoms with Crippen molar-refractivity contribution in [2.45, 2.75) is 26.3 Å². The Morgan fingerprint density at radius 3 is 2.79 bits per heavy atom. The third kappa shape index (κ3) is 2.78. The molecule has 1 aromatic carbocycles. The van der Waals surface area contributed by atoms with E-state index in [4.69, 9.17) is 0 Å². The van der Waals surface area contributed by atoms with Gasteiger partial charge in [0.1, 0.15) is 5.82 Å². The van der Waals surface area contributed by atoms with Crippen LogP contribution >= 0.6 is 0 Å². The Balaban J connectivity index is 2.09. The summed E-state index contributed by atoms with van der Waals surface area (Å²) in [5, 5.41) is 3.25. The van der Waals surface area contributed by atoms with Crippen LogP contribution in [0.5, 0.6) is 0 Å². The highest BCUT2D eigenvalue weighted by atomic mass is 19.1. The molecule has 104 valence electrons. The van der Waals surface area contributed by atoms with Gasteiger partial charge in [-0.2, -0.15) is 0 Å². The maximum Gasteiger partial charge on any atom is 0.230 e. The van der Waals surface area contributed by atoms with Crippen LogP contribution in [0.3, 0.4) is 0 Å². The molecule has 1 amide bonds. The van der Waals surface area contributed by atoms with Crippen molar-refractivity contribution in [1.29, 1.82) is 0 Å². The molecule has 0 radical (unpaired) electrons. The van der Waals surface area contributed by atoms with Crippen LogP contribution in [0.2, 0.25) is 0 Å². The molecule has 3 nitrogen and oxygen atoms in total. The highest BCUT2D eigenvalue weighted by Crippen LogP contribution is 2.31. The van der Waals surface area contributed by atoms with E-state index in [1.807, 2.05) is 6.92 Å². The molecule has 2 rings (SSSR count). The maximum atomic E-state index is 13.6. The van der Waals surface area contributed by atoms with Gasteiger partial charge in [0.15, 0.2) is 0 Å². The Labute approximate surface area is 113 Å². The number of hydrogen-bond donors (Lipinski definition) is 1. The van der Waals surface area contributed by atoms with Crippen molar-refractivity contribution in [2.75, 3.05) is 20.1 Å². The minimum atomic E-state index is -0.306. The van der Waals surface area contributed by atoms with Gasteiger partial charge < -0.3 is 10.2 Å². The molecule has 1 unspecified atom stereocenters. The summed E-state index contributed by atoms with van der Waals surface area (Å²) in [7, 11) is 1.75. The van der Waals surface area contributed by atoms with Crippen molar-refractivity contribution in [3.63, 3.8) is 0 Å². The fourth-order valence-electron chi connectivity index (χ4n) is 2.74. The van der Waals surface area contributed by atoms with Crippen LogP contribution in [0.15, 0.2) is 24.3 Å². The minimum absolute atomic E-state index is 0.114. The zero-order valence-electron chi connectivity index (χ0n) is 11.6. The zero-order chi connectivity index (χ0) is 13.9. The summed E-state index contributed by atoms with van der Waals surface area (Å²) in [5.41, 5.74) is 0.260. The van der Waals surface area contributed by atoms with Crippen LogP contribution in [-0.4, -0.2) is 30.9 Å². The number of hydrogen-bond acceptors (Lipinski definition) is 2. The van der Waals surface area contributed by atoms with Crippen molar-refractivity contribution in [3.8, 4) is 0 Å². The van der Waals surface area contributed by atoms with Crippen LogP contribution < -0.4 is 5.32 Å². The van der Waals surface area contributed by atoms with Crippen molar-refractivity contribution < 1.29 is 9.18 Å². The lowest BCUT2D eigenvalue weighted by atomic mass is 9.83. The number of benzene rings is 1. The molecule has 1 heterocycles.